The molecule has 0 fully saturated rings. The van der Waals surface area contributed by atoms with Gasteiger partial charge in [0, 0.05) is 29.5 Å². The molecule has 0 unspecified atom stereocenters. The van der Waals surface area contributed by atoms with Crippen LogP contribution in [0.4, 0.5) is 0 Å². The van der Waals surface area contributed by atoms with E-state index in [4.69, 9.17) is 0 Å². The van der Waals surface area contributed by atoms with Gasteiger partial charge in [0.1, 0.15) is 0 Å². The van der Waals surface area contributed by atoms with E-state index in [0.29, 0.717) is 0 Å². The van der Waals surface area contributed by atoms with Gasteiger partial charge in [0.2, 0.25) is 0 Å². The largest absolute Gasteiger partial charge is 0.360 e. The second kappa shape index (κ2) is 3.20. The van der Waals surface area contributed by atoms with E-state index in [9.17, 15) is 0 Å². The molecule has 3 aromatic heterocycles. The van der Waals surface area contributed by atoms with Crippen molar-refractivity contribution >= 4 is 10.9 Å². The van der Waals surface area contributed by atoms with Crippen LogP contribution in [0, 0.1) is 0 Å². The highest BCUT2D eigenvalue weighted by Gasteiger charge is 2.00. The smallest absolute Gasteiger partial charge is 0.0725 e. The van der Waals surface area contributed by atoms with Gasteiger partial charge in [-0.2, -0.15) is 0 Å². The molecule has 0 atom stereocenters. The molecule has 1 N–H and O–H groups in total. The maximum absolute atomic E-state index is 4.38. The maximum Gasteiger partial charge on any atom is 0.0725 e. The van der Waals surface area contributed by atoms with E-state index < -0.39 is 0 Å². The van der Waals surface area contributed by atoms with Crippen LogP contribution in [0.15, 0.2) is 49.1 Å². The monoisotopic (exact) mass is 195 g/mol. The van der Waals surface area contributed by atoms with Crippen LogP contribution in [0.1, 0.15) is 0 Å². The maximum atomic E-state index is 4.38. The average Bonchev–Trinajstić information content (AvgIpc) is 2.77. The van der Waals surface area contributed by atoms with Crippen LogP contribution < -0.4 is 0 Å². The highest BCUT2D eigenvalue weighted by Crippen LogP contribution is 2.19. The van der Waals surface area contributed by atoms with Crippen molar-refractivity contribution in [2.45, 2.75) is 0 Å². The first-order valence-electron chi connectivity index (χ1n) is 4.77. The van der Waals surface area contributed by atoms with Crippen molar-refractivity contribution in [3.63, 3.8) is 0 Å². The molecule has 0 aliphatic carbocycles. The molecule has 0 aliphatic rings. The number of aromatic nitrogens is 3. The molecule has 0 saturated carbocycles. The molecule has 0 bridgehead atoms. The van der Waals surface area contributed by atoms with Crippen LogP contribution in [0.3, 0.4) is 0 Å². The first-order valence-corrected chi connectivity index (χ1v) is 4.77. The van der Waals surface area contributed by atoms with E-state index in [-0.39, 0.29) is 0 Å². The Balaban J connectivity index is 2.19. The van der Waals surface area contributed by atoms with Crippen LogP contribution in [0.2, 0.25) is 0 Å². The Morgan fingerprint density at radius 1 is 1.13 bits per heavy atom. The van der Waals surface area contributed by atoms with Crippen molar-refractivity contribution in [2.75, 3.05) is 0 Å². The molecular formula is C12H9N3. The predicted octanol–water partition coefficient (Wildman–Crippen LogP) is 2.62. The SMILES string of the molecule is c1cncc(-c2cc3cc[nH]c3cn2)c1. The molecule has 3 aromatic rings. The first kappa shape index (κ1) is 8.17. The normalized spacial score (nSPS) is 10.7. The van der Waals surface area contributed by atoms with Crippen LogP contribution >= 0.6 is 0 Å². The summed E-state index contributed by atoms with van der Waals surface area (Å²) in [5, 5.41) is 1.17. The van der Waals surface area contributed by atoms with Crippen molar-refractivity contribution in [3.05, 3.63) is 49.1 Å². The number of pyridine rings is 2. The molecule has 0 aliphatic heterocycles. The summed E-state index contributed by atoms with van der Waals surface area (Å²) in [6.07, 6.45) is 7.34. The second-order valence-corrected chi connectivity index (χ2v) is 3.38. The molecule has 0 radical (unpaired) electrons. The standard InChI is InChI=1S/C12H9N3/c1-2-10(7-13-4-1)11-6-9-3-5-14-12(9)8-15-11/h1-8,14H. The number of fused-ring (bicyclic) bond motifs is 1. The molecule has 0 amide bonds. The van der Waals surface area contributed by atoms with Gasteiger partial charge >= 0.3 is 0 Å². The first-order chi connectivity index (χ1) is 7.43. The molecule has 72 valence electrons. The van der Waals surface area contributed by atoms with Crippen molar-refractivity contribution in [3.8, 4) is 11.3 Å². The minimum absolute atomic E-state index is 0.954. The Hall–Kier alpha value is -2.16. The molecule has 0 saturated heterocycles. The van der Waals surface area contributed by atoms with Crippen molar-refractivity contribution in [1.29, 1.82) is 0 Å². The van der Waals surface area contributed by atoms with Crippen LogP contribution in [0.5, 0.6) is 0 Å². The lowest BCUT2D eigenvalue weighted by molar-refractivity contribution is 1.29. The molecule has 3 nitrogen and oxygen atoms in total. The highest BCUT2D eigenvalue weighted by molar-refractivity contribution is 5.82. The van der Waals surface area contributed by atoms with Gasteiger partial charge in [-0.05, 0) is 24.3 Å². The predicted molar refractivity (Wildman–Crippen MR) is 59.3 cm³/mol. The van der Waals surface area contributed by atoms with Crippen molar-refractivity contribution in [1.82, 2.24) is 15.0 Å². The number of hydrogen-bond donors (Lipinski definition) is 1. The zero-order valence-corrected chi connectivity index (χ0v) is 8.01. The Kier molecular flexibility index (Phi) is 1.75. The summed E-state index contributed by atoms with van der Waals surface area (Å²) in [5.41, 5.74) is 3.05. The highest BCUT2D eigenvalue weighted by atomic mass is 14.7. The fraction of sp³-hybridized carbons (Fsp3) is 0. The summed E-state index contributed by atoms with van der Waals surface area (Å²) < 4.78 is 0. The lowest BCUT2D eigenvalue weighted by atomic mass is 10.1. The molecule has 3 rings (SSSR count). The minimum atomic E-state index is 0.954. The van der Waals surface area contributed by atoms with Gasteiger partial charge in [0.05, 0.1) is 17.4 Å². The third kappa shape index (κ3) is 1.38. The fourth-order valence-corrected chi connectivity index (χ4v) is 1.62. The topological polar surface area (TPSA) is 41.6 Å². The summed E-state index contributed by atoms with van der Waals surface area (Å²) in [6, 6.07) is 8.02. The van der Waals surface area contributed by atoms with E-state index in [2.05, 4.69) is 21.0 Å². The number of H-pyrrole nitrogens is 1. The summed E-state index contributed by atoms with van der Waals surface area (Å²) in [6.45, 7) is 0. The molecule has 3 heterocycles. The molecular weight excluding hydrogens is 186 g/mol. The number of hydrogen-bond acceptors (Lipinski definition) is 2. The molecule has 0 aromatic carbocycles. The van der Waals surface area contributed by atoms with Gasteiger partial charge < -0.3 is 4.98 Å². The third-order valence-electron chi connectivity index (χ3n) is 2.39. The summed E-state index contributed by atoms with van der Waals surface area (Å²) in [5.74, 6) is 0. The summed E-state index contributed by atoms with van der Waals surface area (Å²) >= 11 is 0. The zero-order chi connectivity index (χ0) is 10.1. The molecule has 0 spiro atoms. The zero-order valence-electron chi connectivity index (χ0n) is 8.01. The fourth-order valence-electron chi connectivity index (χ4n) is 1.62. The van der Waals surface area contributed by atoms with E-state index >= 15 is 0 Å². The Morgan fingerprint density at radius 2 is 2.13 bits per heavy atom. The van der Waals surface area contributed by atoms with E-state index in [1.807, 2.05) is 36.8 Å². The molecule has 3 heteroatoms. The lowest BCUT2D eigenvalue weighted by Gasteiger charge is -1.99. The van der Waals surface area contributed by atoms with Gasteiger partial charge in [0.15, 0.2) is 0 Å². The van der Waals surface area contributed by atoms with E-state index in [1.54, 1.807) is 6.20 Å². The minimum Gasteiger partial charge on any atom is -0.360 e. The number of rotatable bonds is 1. The average molecular weight is 195 g/mol. The molecule has 15 heavy (non-hydrogen) atoms. The number of aromatic amines is 1. The Labute approximate surface area is 86.8 Å². The van der Waals surface area contributed by atoms with Crippen LogP contribution in [0.25, 0.3) is 22.2 Å². The summed E-state index contributed by atoms with van der Waals surface area (Å²) in [7, 11) is 0. The van der Waals surface area contributed by atoms with Gasteiger partial charge in [-0.3, -0.25) is 9.97 Å². The van der Waals surface area contributed by atoms with Gasteiger partial charge in [-0.1, -0.05) is 0 Å². The number of nitrogens with zero attached hydrogens (tertiary/aromatic N) is 2. The quantitative estimate of drug-likeness (QED) is 0.648. The second-order valence-electron chi connectivity index (χ2n) is 3.38. The summed E-state index contributed by atoms with van der Waals surface area (Å²) in [4.78, 5) is 11.6. The van der Waals surface area contributed by atoms with Crippen LogP contribution in [-0.2, 0) is 0 Å². The van der Waals surface area contributed by atoms with Crippen molar-refractivity contribution < 1.29 is 0 Å². The van der Waals surface area contributed by atoms with Crippen LogP contribution in [-0.4, -0.2) is 15.0 Å². The van der Waals surface area contributed by atoms with Gasteiger partial charge in [0.25, 0.3) is 0 Å². The Morgan fingerprint density at radius 3 is 3.00 bits per heavy atom. The number of nitrogens with one attached hydrogen (secondary N) is 1. The van der Waals surface area contributed by atoms with Crippen molar-refractivity contribution in [2.24, 2.45) is 0 Å². The Bertz CT molecular complexity index is 584. The van der Waals surface area contributed by atoms with Gasteiger partial charge in [-0.15, -0.1) is 0 Å². The van der Waals surface area contributed by atoms with E-state index in [1.165, 1.54) is 5.39 Å². The third-order valence-corrected chi connectivity index (χ3v) is 2.39. The lowest BCUT2D eigenvalue weighted by Crippen LogP contribution is -1.83. The van der Waals surface area contributed by atoms with E-state index in [0.717, 1.165) is 16.8 Å². The van der Waals surface area contributed by atoms with Gasteiger partial charge in [-0.25, -0.2) is 0 Å².